The van der Waals surface area contributed by atoms with Crippen LogP contribution in [0.1, 0.15) is 54.6 Å². The Balaban J connectivity index is 1.44. The van der Waals surface area contributed by atoms with Crippen LogP contribution in [0.3, 0.4) is 0 Å². The summed E-state index contributed by atoms with van der Waals surface area (Å²) in [4.78, 5) is 43.3. The maximum atomic E-state index is 13.6. The van der Waals surface area contributed by atoms with Crippen molar-refractivity contribution in [3.05, 3.63) is 65.2 Å². The molecule has 1 fully saturated rings. The van der Waals surface area contributed by atoms with Gasteiger partial charge in [0.05, 0.1) is 7.11 Å². The summed E-state index contributed by atoms with van der Waals surface area (Å²) in [6.07, 6.45) is 2.26. The summed E-state index contributed by atoms with van der Waals surface area (Å²) in [5, 5.41) is 0. The largest absolute Gasteiger partial charge is 0.497 e. The number of fused-ring (bicyclic) bond motifs is 1. The molecule has 6 nitrogen and oxygen atoms in total. The highest BCUT2D eigenvalue weighted by molar-refractivity contribution is 5.98. The number of amides is 2. The second-order valence-corrected chi connectivity index (χ2v) is 9.80. The summed E-state index contributed by atoms with van der Waals surface area (Å²) >= 11 is 0. The number of hydrogen-bond donors (Lipinski definition) is 0. The standard InChI is InChI=1S/C28H34N2O4/c1-19(2)16-26(31)30-18-23-7-5-4-6-22(23)17-25(30)28(33)29-14-12-21(13-15-29)27(32)20-8-10-24(34-3)11-9-20/h4-11,19,21,25H,12-18H2,1-3H3. The molecule has 1 unspecified atom stereocenters. The van der Waals surface area contributed by atoms with Gasteiger partial charge in [0.2, 0.25) is 11.8 Å². The van der Waals surface area contributed by atoms with Gasteiger partial charge in [-0.2, -0.15) is 0 Å². The molecule has 0 aliphatic carbocycles. The summed E-state index contributed by atoms with van der Waals surface area (Å²) in [6, 6.07) is 14.8. The van der Waals surface area contributed by atoms with Gasteiger partial charge in [-0.25, -0.2) is 0 Å². The number of methoxy groups -OCH3 is 1. The maximum Gasteiger partial charge on any atom is 0.245 e. The second kappa shape index (κ2) is 10.4. The average molecular weight is 463 g/mol. The van der Waals surface area contributed by atoms with Crippen molar-refractivity contribution < 1.29 is 19.1 Å². The van der Waals surface area contributed by atoms with Crippen LogP contribution in [-0.2, 0) is 22.6 Å². The van der Waals surface area contributed by atoms with E-state index in [0.29, 0.717) is 50.9 Å². The third-order valence-electron chi connectivity index (χ3n) is 6.99. The molecule has 2 aromatic rings. The SMILES string of the molecule is COc1ccc(C(=O)C2CCN(C(=O)C3Cc4ccccc4CN3C(=O)CC(C)C)CC2)cc1. The molecular weight excluding hydrogens is 428 g/mol. The minimum atomic E-state index is -0.477. The zero-order chi connectivity index (χ0) is 24.2. The minimum absolute atomic E-state index is 0.00181. The molecule has 0 spiro atoms. The van der Waals surface area contributed by atoms with E-state index in [1.807, 2.05) is 36.9 Å². The quantitative estimate of drug-likeness (QED) is 0.606. The molecule has 2 amide bonds. The normalized spacial score (nSPS) is 18.5. The molecule has 6 heteroatoms. The van der Waals surface area contributed by atoms with Crippen LogP contribution in [0.5, 0.6) is 5.75 Å². The van der Waals surface area contributed by atoms with Crippen LogP contribution in [0.15, 0.2) is 48.5 Å². The molecule has 0 aromatic heterocycles. The molecule has 34 heavy (non-hydrogen) atoms. The van der Waals surface area contributed by atoms with Gasteiger partial charge in [-0.15, -0.1) is 0 Å². The summed E-state index contributed by atoms with van der Waals surface area (Å²) in [6.45, 7) is 5.60. The molecule has 1 atom stereocenters. The van der Waals surface area contributed by atoms with Gasteiger partial charge in [0.1, 0.15) is 11.8 Å². The number of hydrogen-bond acceptors (Lipinski definition) is 4. The first-order valence-corrected chi connectivity index (χ1v) is 12.2. The minimum Gasteiger partial charge on any atom is -0.497 e. The summed E-state index contributed by atoms with van der Waals surface area (Å²) in [5.74, 6) is 1.02. The number of ketones is 1. The van der Waals surface area contributed by atoms with Gasteiger partial charge in [0.25, 0.3) is 0 Å². The first kappa shape index (κ1) is 24.0. The van der Waals surface area contributed by atoms with Crippen molar-refractivity contribution in [1.82, 2.24) is 9.80 Å². The first-order chi connectivity index (χ1) is 16.4. The molecule has 0 N–H and O–H groups in total. The lowest BCUT2D eigenvalue weighted by Gasteiger charge is -2.40. The van der Waals surface area contributed by atoms with Crippen molar-refractivity contribution in [2.75, 3.05) is 20.2 Å². The molecule has 180 valence electrons. The average Bonchev–Trinajstić information content (AvgIpc) is 2.86. The Bertz CT molecular complexity index is 1040. The Morgan fingerprint density at radius 1 is 0.971 bits per heavy atom. The number of nitrogens with zero attached hydrogens (tertiary/aromatic N) is 2. The molecule has 2 aliphatic rings. The first-order valence-electron chi connectivity index (χ1n) is 12.2. The van der Waals surface area contributed by atoms with Crippen molar-refractivity contribution in [3.8, 4) is 5.75 Å². The maximum absolute atomic E-state index is 13.6. The number of rotatable bonds is 6. The topological polar surface area (TPSA) is 66.9 Å². The second-order valence-electron chi connectivity index (χ2n) is 9.80. The van der Waals surface area contributed by atoms with Crippen molar-refractivity contribution in [2.24, 2.45) is 11.8 Å². The van der Waals surface area contributed by atoms with E-state index in [-0.39, 0.29) is 29.4 Å². The van der Waals surface area contributed by atoms with Gasteiger partial charge in [-0.1, -0.05) is 38.1 Å². The van der Waals surface area contributed by atoms with E-state index in [2.05, 4.69) is 6.07 Å². The zero-order valence-electron chi connectivity index (χ0n) is 20.3. The van der Waals surface area contributed by atoms with Gasteiger partial charge in [-0.3, -0.25) is 14.4 Å². The van der Waals surface area contributed by atoms with Gasteiger partial charge in [-0.05, 0) is 54.2 Å². The third kappa shape index (κ3) is 5.16. The van der Waals surface area contributed by atoms with Crippen LogP contribution in [0.4, 0.5) is 0 Å². The van der Waals surface area contributed by atoms with Gasteiger partial charge < -0.3 is 14.5 Å². The van der Waals surface area contributed by atoms with Crippen LogP contribution in [0, 0.1) is 11.8 Å². The Hall–Kier alpha value is -3.15. The van der Waals surface area contributed by atoms with Crippen molar-refractivity contribution in [1.29, 1.82) is 0 Å². The highest BCUT2D eigenvalue weighted by Gasteiger charge is 2.38. The number of ether oxygens (including phenoxy) is 1. The molecular formula is C28H34N2O4. The van der Waals surface area contributed by atoms with Crippen LogP contribution in [0.25, 0.3) is 0 Å². The highest BCUT2D eigenvalue weighted by atomic mass is 16.5. The Labute approximate surface area is 201 Å². The van der Waals surface area contributed by atoms with E-state index in [0.717, 1.165) is 16.9 Å². The van der Waals surface area contributed by atoms with Crippen LogP contribution >= 0.6 is 0 Å². The Morgan fingerprint density at radius 2 is 1.62 bits per heavy atom. The van der Waals surface area contributed by atoms with E-state index in [9.17, 15) is 14.4 Å². The monoisotopic (exact) mass is 462 g/mol. The fourth-order valence-electron chi connectivity index (χ4n) is 5.04. The third-order valence-corrected chi connectivity index (χ3v) is 6.99. The van der Waals surface area contributed by atoms with E-state index >= 15 is 0 Å². The summed E-state index contributed by atoms with van der Waals surface area (Å²) in [7, 11) is 1.60. The fourth-order valence-corrected chi connectivity index (χ4v) is 5.04. The molecule has 2 aromatic carbocycles. The lowest BCUT2D eigenvalue weighted by molar-refractivity contribution is -0.148. The van der Waals surface area contributed by atoms with Gasteiger partial charge in [0, 0.05) is 44.0 Å². The zero-order valence-corrected chi connectivity index (χ0v) is 20.3. The van der Waals surface area contributed by atoms with Crippen LogP contribution in [0.2, 0.25) is 0 Å². The predicted octanol–water partition coefficient (Wildman–Crippen LogP) is 4.12. The highest BCUT2D eigenvalue weighted by Crippen LogP contribution is 2.28. The fraction of sp³-hybridized carbons (Fsp3) is 0.464. The molecule has 0 bridgehead atoms. The Kier molecular flexibility index (Phi) is 7.35. The number of Topliss-reactive ketones (excluding diaryl/α,β-unsaturated/α-hetero) is 1. The molecule has 0 radical (unpaired) electrons. The molecule has 2 heterocycles. The Morgan fingerprint density at radius 3 is 2.24 bits per heavy atom. The predicted molar refractivity (Wildman–Crippen MR) is 131 cm³/mol. The molecule has 4 rings (SSSR count). The van der Waals surface area contributed by atoms with E-state index in [1.165, 1.54) is 0 Å². The number of carbonyl (C=O) groups is 3. The van der Waals surface area contributed by atoms with Crippen molar-refractivity contribution in [3.63, 3.8) is 0 Å². The summed E-state index contributed by atoms with van der Waals surface area (Å²) < 4.78 is 5.18. The van der Waals surface area contributed by atoms with E-state index in [4.69, 9.17) is 4.74 Å². The van der Waals surface area contributed by atoms with Gasteiger partial charge in [0.15, 0.2) is 5.78 Å². The van der Waals surface area contributed by atoms with Crippen LogP contribution in [-0.4, -0.2) is 53.6 Å². The lowest BCUT2D eigenvalue weighted by atomic mass is 9.87. The van der Waals surface area contributed by atoms with Crippen molar-refractivity contribution >= 4 is 17.6 Å². The molecule has 0 saturated carbocycles. The van der Waals surface area contributed by atoms with Gasteiger partial charge >= 0.3 is 0 Å². The number of piperidine rings is 1. The molecule has 1 saturated heterocycles. The molecule has 2 aliphatic heterocycles. The number of benzene rings is 2. The number of likely N-dealkylation sites (tertiary alicyclic amines) is 1. The van der Waals surface area contributed by atoms with E-state index in [1.54, 1.807) is 36.3 Å². The number of carbonyl (C=O) groups excluding carboxylic acids is 3. The van der Waals surface area contributed by atoms with Crippen LogP contribution < -0.4 is 4.74 Å². The van der Waals surface area contributed by atoms with E-state index < -0.39 is 6.04 Å². The smallest absolute Gasteiger partial charge is 0.245 e. The lowest BCUT2D eigenvalue weighted by Crippen LogP contribution is -2.55. The van der Waals surface area contributed by atoms with Crippen molar-refractivity contribution in [2.45, 2.75) is 52.1 Å². The summed E-state index contributed by atoms with van der Waals surface area (Å²) in [5.41, 5.74) is 2.94.